The molecule has 0 radical (unpaired) electrons. The number of nitrogens with zero attached hydrogens (tertiary/aromatic N) is 4. The van der Waals surface area contributed by atoms with Gasteiger partial charge in [0.25, 0.3) is 11.5 Å². The molecule has 1 aliphatic heterocycles. The molecule has 0 unspecified atom stereocenters. The quantitative estimate of drug-likeness (QED) is 0.807. The van der Waals surface area contributed by atoms with Crippen molar-refractivity contribution in [2.45, 2.75) is 58.7 Å². The fourth-order valence-electron chi connectivity index (χ4n) is 3.28. The zero-order valence-electron chi connectivity index (χ0n) is 16.1. The van der Waals surface area contributed by atoms with E-state index in [1.165, 1.54) is 14.0 Å². The van der Waals surface area contributed by atoms with E-state index in [0.29, 0.717) is 5.69 Å². The third-order valence-corrected chi connectivity index (χ3v) is 4.45. The van der Waals surface area contributed by atoms with E-state index < -0.39 is 29.6 Å². The monoisotopic (exact) mass is 376 g/mol. The number of carbonyl (C=O) groups is 2. The maximum atomic E-state index is 13.0. The van der Waals surface area contributed by atoms with Gasteiger partial charge in [-0.15, -0.1) is 0 Å². The van der Waals surface area contributed by atoms with E-state index in [4.69, 9.17) is 0 Å². The molecule has 0 fully saturated rings. The van der Waals surface area contributed by atoms with Gasteiger partial charge in [0.2, 0.25) is 0 Å². The van der Waals surface area contributed by atoms with Gasteiger partial charge in [-0.2, -0.15) is 9.61 Å². The Morgan fingerprint density at radius 3 is 2.37 bits per heavy atom. The van der Waals surface area contributed by atoms with Crippen molar-refractivity contribution in [1.29, 1.82) is 0 Å². The minimum absolute atomic E-state index is 0.0112. The number of rotatable bonds is 4. The molecule has 0 atom stereocenters. The fraction of sp³-hybridized carbons (Fsp3) is 0.556. The number of amides is 1. The highest BCUT2D eigenvalue weighted by Gasteiger charge is 2.37. The van der Waals surface area contributed by atoms with Crippen molar-refractivity contribution in [1.82, 2.24) is 19.1 Å². The number of aliphatic carboxylic acids is 1. The fourth-order valence-corrected chi connectivity index (χ4v) is 3.28. The molecule has 146 valence electrons. The average molecular weight is 376 g/mol. The molecular formula is C18H24N4O5. The third kappa shape index (κ3) is 3.34. The standard InChI is InChI=1S/C18H24N4O5/c1-17(2,3)11-6-12-21(8-13(23)24)14-10(15(25)22(12)19-11)7-20(16(14)26)9-18(4,5)27/h6,27H,7-9H2,1-5H3,(H,23,24). The number of carboxylic acids is 1. The van der Waals surface area contributed by atoms with Gasteiger partial charge in [0.05, 0.1) is 23.4 Å². The number of aromatic nitrogens is 3. The Labute approximate surface area is 155 Å². The van der Waals surface area contributed by atoms with E-state index in [1.54, 1.807) is 19.9 Å². The van der Waals surface area contributed by atoms with Gasteiger partial charge >= 0.3 is 5.97 Å². The van der Waals surface area contributed by atoms with Crippen LogP contribution in [-0.2, 0) is 23.3 Å². The van der Waals surface area contributed by atoms with Crippen LogP contribution in [0.5, 0.6) is 0 Å². The van der Waals surface area contributed by atoms with E-state index in [1.807, 2.05) is 20.8 Å². The lowest BCUT2D eigenvalue weighted by Gasteiger charge is -2.24. The number of carboxylic acid groups (broad SMARTS) is 1. The summed E-state index contributed by atoms with van der Waals surface area (Å²) in [6.45, 7) is 8.51. The van der Waals surface area contributed by atoms with Gasteiger partial charge in [0.1, 0.15) is 17.9 Å². The van der Waals surface area contributed by atoms with Crippen LogP contribution >= 0.6 is 0 Å². The Balaban J connectivity index is 2.27. The minimum atomic E-state index is -1.14. The molecule has 0 aromatic carbocycles. The number of hydrogen-bond donors (Lipinski definition) is 2. The Hall–Kier alpha value is -2.68. The van der Waals surface area contributed by atoms with Crippen molar-refractivity contribution in [2.24, 2.45) is 0 Å². The molecule has 3 heterocycles. The van der Waals surface area contributed by atoms with Gasteiger partial charge in [-0.1, -0.05) is 20.8 Å². The van der Waals surface area contributed by atoms with Gasteiger partial charge in [-0.3, -0.25) is 14.4 Å². The molecule has 2 aromatic rings. The lowest BCUT2D eigenvalue weighted by molar-refractivity contribution is -0.137. The molecule has 0 spiro atoms. The highest BCUT2D eigenvalue weighted by molar-refractivity contribution is 5.97. The summed E-state index contributed by atoms with van der Waals surface area (Å²) in [5.41, 5.74) is -0.781. The predicted molar refractivity (Wildman–Crippen MR) is 96.8 cm³/mol. The van der Waals surface area contributed by atoms with E-state index in [-0.39, 0.29) is 35.4 Å². The van der Waals surface area contributed by atoms with Gasteiger partial charge in [0.15, 0.2) is 0 Å². The lowest BCUT2D eigenvalue weighted by Crippen LogP contribution is -2.39. The number of carbonyl (C=O) groups excluding carboxylic acids is 1. The normalized spacial score (nSPS) is 14.9. The summed E-state index contributed by atoms with van der Waals surface area (Å²) in [6.07, 6.45) is 0. The first-order valence-corrected chi connectivity index (χ1v) is 8.69. The minimum Gasteiger partial charge on any atom is -0.480 e. The SMILES string of the molecule is CC(C)(O)CN1Cc2c(n(CC(=O)O)c3cc(C(C)(C)C)nn3c2=O)C1=O. The molecule has 1 aliphatic rings. The molecular weight excluding hydrogens is 352 g/mol. The van der Waals surface area contributed by atoms with Crippen LogP contribution in [0, 0.1) is 0 Å². The second kappa shape index (κ2) is 5.91. The van der Waals surface area contributed by atoms with Gasteiger partial charge in [-0.25, -0.2) is 0 Å². The summed E-state index contributed by atoms with van der Waals surface area (Å²) in [7, 11) is 0. The van der Waals surface area contributed by atoms with Gasteiger partial charge in [-0.05, 0) is 13.8 Å². The highest BCUT2D eigenvalue weighted by atomic mass is 16.4. The van der Waals surface area contributed by atoms with Crippen LogP contribution in [0.2, 0.25) is 0 Å². The highest BCUT2D eigenvalue weighted by Crippen LogP contribution is 2.26. The van der Waals surface area contributed by atoms with Crippen LogP contribution in [-0.4, -0.2) is 53.3 Å². The van der Waals surface area contributed by atoms with E-state index in [9.17, 15) is 24.6 Å². The molecule has 1 amide bonds. The Morgan fingerprint density at radius 1 is 1.22 bits per heavy atom. The third-order valence-electron chi connectivity index (χ3n) is 4.45. The molecule has 0 saturated carbocycles. The topological polar surface area (TPSA) is 117 Å². The maximum absolute atomic E-state index is 13.0. The molecule has 0 aliphatic carbocycles. The Bertz CT molecular complexity index is 1000. The van der Waals surface area contributed by atoms with Crippen molar-refractivity contribution in [3.05, 3.63) is 33.4 Å². The van der Waals surface area contributed by atoms with Crippen LogP contribution in [0.25, 0.3) is 5.65 Å². The molecule has 0 saturated heterocycles. The van der Waals surface area contributed by atoms with Gasteiger partial charge in [0, 0.05) is 18.0 Å². The first-order valence-electron chi connectivity index (χ1n) is 8.69. The van der Waals surface area contributed by atoms with Crippen LogP contribution in [0.3, 0.4) is 0 Å². The summed E-state index contributed by atoms with van der Waals surface area (Å²) in [5, 5.41) is 23.7. The van der Waals surface area contributed by atoms with Crippen LogP contribution in [0.1, 0.15) is 56.4 Å². The first kappa shape index (κ1) is 19.1. The number of β-amino-alcohol motifs (C(OH)–C–C–N with tert-alkyl or cyclic N) is 1. The summed E-state index contributed by atoms with van der Waals surface area (Å²) in [4.78, 5) is 38.6. The summed E-state index contributed by atoms with van der Waals surface area (Å²) >= 11 is 0. The predicted octanol–water partition coefficient (Wildman–Crippen LogP) is 0.605. The van der Waals surface area contributed by atoms with E-state index in [0.717, 1.165) is 0 Å². The smallest absolute Gasteiger partial charge is 0.323 e. The average Bonchev–Trinajstić information content (AvgIpc) is 3.05. The second-order valence-electron chi connectivity index (χ2n) is 8.64. The molecule has 9 nitrogen and oxygen atoms in total. The Kier molecular flexibility index (Phi) is 4.18. The number of aliphatic hydroxyl groups is 1. The zero-order chi connectivity index (χ0) is 20.3. The molecule has 27 heavy (non-hydrogen) atoms. The summed E-state index contributed by atoms with van der Waals surface area (Å²) in [5.74, 6) is -1.60. The first-order chi connectivity index (χ1) is 12.3. The second-order valence-corrected chi connectivity index (χ2v) is 8.64. The molecule has 3 rings (SSSR count). The van der Waals surface area contributed by atoms with Crippen LogP contribution in [0.15, 0.2) is 10.9 Å². The molecule has 2 N–H and O–H groups in total. The summed E-state index contributed by atoms with van der Waals surface area (Å²) in [6, 6.07) is 1.65. The van der Waals surface area contributed by atoms with Crippen molar-refractivity contribution in [3.63, 3.8) is 0 Å². The lowest BCUT2D eigenvalue weighted by atomic mass is 9.93. The van der Waals surface area contributed by atoms with Crippen molar-refractivity contribution in [3.8, 4) is 0 Å². The van der Waals surface area contributed by atoms with E-state index >= 15 is 0 Å². The molecule has 0 bridgehead atoms. The summed E-state index contributed by atoms with van der Waals surface area (Å²) < 4.78 is 2.50. The Morgan fingerprint density at radius 2 is 1.85 bits per heavy atom. The largest absolute Gasteiger partial charge is 0.480 e. The van der Waals surface area contributed by atoms with Crippen molar-refractivity contribution < 1.29 is 19.8 Å². The van der Waals surface area contributed by atoms with Crippen LogP contribution < -0.4 is 5.56 Å². The number of hydrogen-bond acceptors (Lipinski definition) is 5. The maximum Gasteiger partial charge on any atom is 0.323 e. The van der Waals surface area contributed by atoms with Crippen molar-refractivity contribution in [2.75, 3.05) is 6.54 Å². The van der Waals surface area contributed by atoms with Crippen molar-refractivity contribution >= 4 is 17.5 Å². The zero-order valence-corrected chi connectivity index (χ0v) is 16.1. The molecule has 2 aromatic heterocycles. The van der Waals surface area contributed by atoms with Crippen LogP contribution in [0.4, 0.5) is 0 Å². The van der Waals surface area contributed by atoms with Gasteiger partial charge < -0.3 is 19.7 Å². The number of fused-ring (bicyclic) bond motifs is 2. The van der Waals surface area contributed by atoms with E-state index in [2.05, 4.69) is 5.10 Å². The molecule has 9 heteroatoms.